The van der Waals surface area contributed by atoms with Crippen LogP contribution >= 0.6 is 0 Å². The molecule has 126 valence electrons. The molecule has 8 nitrogen and oxygen atoms in total. The smallest absolute Gasteiger partial charge is 0.410 e. The van der Waals surface area contributed by atoms with Gasteiger partial charge in [-0.3, -0.25) is 4.79 Å². The summed E-state index contributed by atoms with van der Waals surface area (Å²) in [6, 6.07) is 0. The minimum absolute atomic E-state index is 0.348. The highest BCUT2D eigenvalue weighted by atomic mass is 16.6. The number of hydrogen-bond acceptors (Lipinski definition) is 5. The average molecular weight is 322 g/mol. The molecular formula is C15H22N4O4. The highest BCUT2D eigenvalue weighted by Crippen LogP contribution is 2.46. The Kier molecular flexibility index (Phi) is 3.57. The van der Waals surface area contributed by atoms with E-state index in [1.165, 1.54) is 0 Å². The lowest BCUT2D eigenvalue weighted by molar-refractivity contribution is -0.145. The standard InChI is InChI=1S/C15H22N4O4/c1-14(2,3)23-13(22)18-6-4-15(5-7-18)10(11(20)21)8-19-9-16-17-12(15)19/h9-10H,4-8H2,1-3H3,(H,20,21)/t10-/m1/s1. The first-order chi connectivity index (χ1) is 10.7. The van der Waals surface area contributed by atoms with Crippen LogP contribution in [0.25, 0.3) is 0 Å². The number of carbonyl (C=O) groups is 2. The van der Waals surface area contributed by atoms with Crippen molar-refractivity contribution >= 4 is 12.1 Å². The van der Waals surface area contributed by atoms with Crippen LogP contribution in [0, 0.1) is 5.92 Å². The third-order valence-electron chi connectivity index (χ3n) is 4.71. The van der Waals surface area contributed by atoms with E-state index in [0.29, 0.717) is 32.5 Å². The van der Waals surface area contributed by atoms with E-state index in [1.807, 2.05) is 25.3 Å². The van der Waals surface area contributed by atoms with Crippen molar-refractivity contribution in [1.82, 2.24) is 19.7 Å². The highest BCUT2D eigenvalue weighted by molar-refractivity contribution is 5.73. The van der Waals surface area contributed by atoms with Crippen molar-refractivity contribution in [1.29, 1.82) is 0 Å². The van der Waals surface area contributed by atoms with Gasteiger partial charge in [0, 0.05) is 25.0 Å². The molecule has 2 aliphatic rings. The van der Waals surface area contributed by atoms with Crippen molar-refractivity contribution in [3.05, 3.63) is 12.2 Å². The zero-order chi connectivity index (χ0) is 16.8. The maximum Gasteiger partial charge on any atom is 0.410 e. The summed E-state index contributed by atoms with van der Waals surface area (Å²) in [6.45, 7) is 6.81. The Morgan fingerprint density at radius 3 is 2.57 bits per heavy atom. The van der Waals surface area contributed by atoms with E-state index in [0.717, 1.165) is 5.82 Å². The lowest BCUT2D eigenvalue weighted by atomic mass is 9.70. The number of piperidine rings is 1. The normalized spacial score (nSPS) is 22.9. The van der Waals surface area contributed by atoms with Gasteiger partial charge in [0.15, 0.2) is 0 Å². The van der Waals surface area contributed by atoms with Crippen molar-refractivity contribution in [2.45, 2.75) is 51.2 Å². The number of carbonyl (C=O) groups excluding carboxylic acids is 1. The highest BCUT2D eigenvalue weighted by Gasteiger charge is 2.54. The number of aromatic nitrogens is 3. The Hall–Kier alpha value is -2.12. The number of rotatable bonds is 1. The summed E-state index contributed by atoms with van der Waals surface area (Å²) in [7, 11) is 0. The predicted octanol–water partition coefficient (Wildman–Crippen LogP) is 1.26. The van der Waals surface area contributed by atoms with Gasteiger partial charge in [-0.2, -0.15) is 0 Å². The molecule has 2 aliphatic heterocycles. The number of carboxylic acid groups (broad SMARTS) is 1. The van der Waals surface area contributed by atoms with Crippen molar-refractivity contribution in [3.8, 4) is 0 Å². The Bertz CT molecular complexity index is 626. The van der Waals surface area contributed by atoms with Crippen LogP contribution in [-0.2, 0) is 21.5 Å². The summed E-state index contributed by atoms with van der Waals surface area (Å²) in [4.78, 5) is 25.5. The maximum atomic E-state index is 12.2. The van der Waals surface area contributed by atoms with Gasteiger partial charge in [0.05, 0.1) is 5.92 Å². The van der Waals surface area contributed by atoms with Gasteiger partial charge in [0.2, 0.25) is 0 Å². The molecule has 0 aliphatic carbocycles. The molecule has 0 radical (unpaired) electrons. The van der Waals surface area contributed by atoms with E-state index in [4.69, 9.17) is 4.74 Å². The molecule has 3 rings (SSSR count). The van der Waals surface area contributed by atoms with Crippen LogP contribution in [0.1, 0.15) is 39.4 Å². The maximum absolute atomic E-state index is 12.2. The second-order valence-electron chi connectivity index (χ2n) is 7.32. The fourth-order valence-electron chi connectivity index (χ4n) is 3.60. The van der Waals surface area contributed by atoms with Crippen LogP contribution in [0.3, 0.4) is 0 Å². The number of amides is 1. The summed E-state index contributed by atoms with van der Waals surface area (Å²) >= 11 is 0. The molecule has 1 aromatic rings. The molecule has 0 aromatic carbocycles. The van der Waals surface area contributed by atoms with Crippen LogP contribution in [-0.4, -0.2) is 55.5 Å². The first kappa shape index (κ1) is 15.8. The Balaban J connectivity index is 1.76. The molecule has 1 atom stereocenters. The van der Waals surface area contributed by atoms with Crippen molar-refractivity contribution < 1.29 is 19.4 Å². The third-order valence-corrected chi connectivity index (χ3v) is 4.71. The monoisotopic (exact) mass is 322 g/mol. The van der Waals surface area contributed by atoms with E-state index < -0.39 is 22.9 Å². The van der Waals surface area contributed by atoms with Crippen LogP contribution in [0.15, 0.2) is 6.33 Å². The quantitative estimate of drug-likeness (QED) is 0.836. The van der Waals surface area contributed by atoms with E-state index in [9.17, 15) is 14.7 Å². The zero-order valence-corrected chi connectivity index (χ0v) is 13.7. The molecule has 0 bridgehead atoms. The lowest BCUT2D eigenvalue weighted by Crippen LogP contribution is -2.50. The summed E-state index contributed by atoms with van der Waals surface area (Å²) in [5, 5.41) is 17.6. The lowest BCUT2D eigenvalue weighted by Gasteiger charge is -2.40. The van der Waals surface area contributed by atoms with Crippen LogP contribution in [0.5, 0.6) is 0 Å². The van der Waals surface area contributed by atoms with E-state index >= 15 is 0 Å². The van der Waals surface area contributed by atoms with E-state index in [2.05, 4.69) is 10.2 Å². The van der Waals surface area contributed by atoms with Gasteiger partial charge in [-0.05, 0) is 33.6 Å². The Morgan fingerprint density at radius 1 is 1.35 bits per heavy atom. The third kappa shape index (κ3) is 2.66. The van der Waals surface area contributed by atoms with Gasteiger partial charge in [0.25, 0.3) is 0 Å². The van der Waals surface area contributed by atoms with Gasteiger partial charge in [0.1, 0.15) is 17.8 Å². The predicted molar refractivity (Wildman–Crippen MR) is 79.9 cm³/mol. The van der Waals surface area contributed by atoms with Crippen molar-refractivity contribution in [3.63, 3.8) is 0 Å². The van der Waals surface area contributed by atoms with Gasteiger partial charge >= 0.3 is 12.1 Å². The molecular weight excluding hydrogens is 300 g/mol. The number of nitrogens with zero attached hydrogens (tertiary/aromatic N) is 4. The molecule has 0 unspecified atom stereocenters. The molecule has 0 saturated carbocycles. The van der Waals surface area contributed by atoms with Crippen molar-refractivity contribution in [2.75, 3.05) is 13.1 Å². The molecule has 23 heavy (non-hydrogen) atoms. The van der Waals surface area contributed by atoms with Crippen LogP contribution < -0.4 is 0 Å². The van der Waals surface area contributed by atoms with Gasteiger partial charge in [-0.15, -0.1) is 10.2 Å². The first-order valence-electron chi connectivity index (χ1n) is 7.82. The first-order valence-corrected chi connectivity index (χ1v) is 7.82. The Labute approximate surface area is 134 Å². The number of likely N-dealkylation sites (tertiary alicyclic amines) is 1. The van der Waals surface area contributed by atoms with Crippen molar-refractivity contribution in [2.24, 2.45) is 5.92 Å². The molecule has 1 fully saturated rings. The average Bonchev–Trinajstić information content (AvgIpc) is 3.00. The summed E-state index contributed by atoms with van der Waals surface area (Å²) in [5.74, 6) is -0.608. The molecule has 1 amide bonds. The van der Waals surface area contributed by atoms with Gasteiger partial charge in [-0.1, -0.05) is 0 Å². The number of aliphatic carboxylic acids is 1. The molecule has 1 aromatic heterocycles. The second kappa shape index (κ2) is 5.21. The fraction of sp³-hybridized carbons (Fsp3) is 0.733. The largest absolute Gasteiger partial charge is 0.481 e. The summed E-state index contributed by atoms with van der Waals surface area (Å²) in [5.41, 5.74) is -1.08. The number of ether oxygens (including phenoxy) is 1. The van der Waals surface area contributed by atoms with Crippen LogP contribution in [0.2, 0.25) is 0 Å². The molecule has 1 N–H and O–H groups in total. The summed E-state index contributed by atoms with van der Waals surface area (Å²) < 4.78 is 7.22. The van der Waals surface area contributed by atoms with E-state index in [-0.39, 0.29) is 6.09 Å². The minimum Gasteiger partial charge on any atom is -0.481 e. The Morgan fingerprint density at radius 2 is 2.00 bits per heavy atom. The molecule has 3 heterocycles. The van der Waals surface area contributed by atoms with Gasteiger partial charge < -0.3 is 19.3 Å². The van der Waals surface area contributed by atoms with E-state index in [1.54, 1.807) is 11.2 Å². The zero-order valence-electron chi connectivity index (χ0n) is 13.7. The minimum atomic E-state index is -0.818. The number of fused-ring (bicyclic) bond motifs is 2. The molecule has 1 saturated heterocycles. The number of hydrogen-bond donors (Lipinski definition) is 1. The topological polar surface area (TPSA) is 97.5 Å². The SMILES string of the molecule is CC(C)(C)OC(=O)N1CCC2(CC1)c1nncn1C[C@@H]2C(=O)O. The second-order valence-corrected chi connectivity index (χ2v) is 7.32. The summed E-state index contributed by atoms with van der Waals surface area (Å²) in [6.07, 6.45) is 2.35. The van der Waals surface area contributed by atoms with Gasteiger partial charge in [-0.25, -0.2) is 4.79 Å². The fourth-order valence-corrected chi connectivity index (χ4v) is 3.60. The number of carboxylic acids is 1. The van der Waals surface area contributed by atoms with Crippen LogP contribution in [0.4, 0.5) is 4.79 Å². The molecule has 1 spiro atoms. The molecule has 8 heteroatoms.